The number of hydrogen-bond donors (Lipinski definition) is 8. The zero-order valence-electron chi connectivity index (χ0n) is 20.5. The van der Waals surface area contributed by atoms with E-state index in [0.717, 1.165) is 16.5 Å². The van der Waals surface area contributed by atoms with Gasteiger partial charge in [0.2, 0.25) is 17.7 Å². The van der Waals surface area contributed by atoms with Gasteiger partial charge in [0.25, 0.3) is 0 Å². The minimum absolute atomic E-state index is 0.0670. The molecule has 0 aliphatic heterocycles. The molecule has 12 nitrogen and oxygen atoms in total. The van der Waals surface area contributed by atoms with Gasteiger partial charge >= 0.3 is 5.97 Å². The molecule has 1 aromatic heterocycles. The van der Waals surface area contributed by atoms with E-state index in [1.165, 1.54) is 6.92 Å². The predicted octanol–water partition coefficient (Wildman–Crippen LogP) is -1.00. The number of fused-ring (bicyclic) bond motifs is 1. The maximum absolute atomic E-state index is 12.9. The minimum atomic E-state index is -1.54. The summed E-state index contributed by atoms with van der Waals surface area (Å²) in [5, 5.41) is 36.4. The van der Waals surface area contributed by atoms with Crippen molar-refractivity contribution in [2.75, 3.05) is 6.61 Å². The van der Waals surface area contributed by atoms with Crippen molar-refractivity contribution in [2.24, 2.45) is 11.7 Å². The number of H-pyrrole nitrogens is 1. The van der Waals surface area contributed by atoms with E-state index >= 15 is 0 Å². The number of aliphatic hydroxyl groups excluding tert-OH is 2. The summed E-state index contributed by atoms with van der Waals surface area (Å²) in [6, 6.07) is 2.38. The van der Waals surface area contributed by atoms with Crippen molar-refractivity contribution in [3.63, 3.8) is 0 Å². The maximum atomic E-state index is 12.9. The number of benzene rings is 1. The van der Waals surface area contributed by atoms with Crippen LogP contribution in [0.1, 0.15) is 32.8 Å². The summed E-state index contributed by atoms with van der Waals surface area (Å²) in [7, 11) is 0. The second-order valence-electron chi connectivity index (χ2n) is 9.17. The van der Waals surface area contributed by atoms with Gasteiger partial charge in [0.15, 0.2) is 0 Å². The Kier molecular flexibility index (Phi) is 10.4. The number of hydrogen-bond acceptors (Lipinski definition) is 7. The number of nitrogens with two attached hydrogens (primary N) is 1. The smallest absolute Gasteiger partial charge is 0.328 e. The topological polar surface area (TPSA) is 207 Å². The van der Waals surface area contributed by atoms with Crippen LogP contribution in [0.5, 0.6) is 0 Å². The number of aliphatic hydroxyl groups is 2. The summed E-state index contributed by atoms with van der Waals surface area (Å²) < 4.78 is 0. The van der Waals surface area contributed by atoms with Crippen LogP contribution in [0.2, 0.25) is 0 Å². The molecule has 2 aromatic rings. The Morgan fingerprint density at radius 2 is 1.61 bits per heavy atom. The molecule has 5 atom stereocenters. The number of para-hydroxylation sites is 1. The van der Waals surface area contributed by atoms with Crippen LogP contribution in [-0.2, 0) is 25.6 Å². The molecule has 0 fully saturated rings. The Balaban J connectivity index is 2.09. The molecule has 0 aliphatic rings. The number of carboxylic acid groups (broad SMARTS) is 1. The van der Waals surface area contributed by atoms with Gasteiger partial charge in [-0.3, -0.25) is 14.4 Å². The van der Waals surface area contributed by atoms with E-state index in [9.17, 15) is 29.4 Å². The number of nitrogens with one attached hydrogen (secondary N) is 4. The van der Waals surface area contributed by atoms with Crippen LogP contribution in [0.3, 0.4) is 0 Å². The van der Waals surface area contributed by atoms with Crippen LogP contribution in [0.15, 0.2) is 30.5 Å². The molecule has 36 heavy (non-hydrogen) atoms. The lowest BCUT2D eigenvalue weighted by molar-refractivity contribution is -0.143. The summed E-state index contributed by atoms with van der Waals surface area (Å²) in [6.45, 7) is 4.07. The first-order valence-corrected chi connectivity index (χ1v) is 11.7. The molecule has 0 aliphatic carbocycles. The van der Waals surface area contributed by atoms with Gasteiger partial charge in [-0.1, -0.05) is 32.0 Å². The molecule has 0 saturated carbocycles. The number of carboxylic acids is 1. The van der Waals surface area contributed by atoms with Gasteiger partial charge < -0.3 is 42.0 Å². The molecule has 3 amide bonds. The van der Waals surface area contributed by atoms with Gasteiger partial charge in [-0.2, -0.15) is 0 Å². The zero-order chi connectivity index (χ0) is 27.0. The number of rotatable bonds is 13. The van der Waals surface area contributed by atoms with Crippen molar-refractivity contribution in [3.8, 4) is 0 Å². The molecule has 1 aromatic carbocycles. The first-order chi connectivity index (χ1) is 16.9. The van der Waals surface area contributed by atoms with Crippen molar-refractivity contribution < 1.29 is 34.5 Å². The molecule has 2 rings (SSSR count). The first kappa shape index (κ1) is 28.8. The third-order valence-corrected chi connectivity index (χ3v) is 5.65. The molecule has 12 heteroatoms. The highest BCUT2D eigenvalue weighted by molar-refractivity contribution is 5.94. The van der Waals surface area contributed by atoms with E-state index in [2.05, 4.69) is 20.9 Å². The van der Waals surface area contributed by atoms with Crippen LogP contribution in [0.25, 0.3) is 10.9 Å². The summed E-state index contributed by atoms with van der Waals surface area (Å²) in [4.78, 5) is 52.6. The van der Waals surface area contributed by atoms with E-state index in [-0.39, 0.29) is 18.8 Å². The molecular formula is C24H35N5O7. The lowest BCUT2D eigenvalue weighted by Gasteiger charge is -2.27. The van der Waals surface area contributed by atoms with E-state index < -0.39 is 60.6 Å². The third-order valence-electron chi connectivity index (χ3n) is 5.65. The van der Waals surface area contributed by atoms with E-state index in [0.29, 0.717) is 0 Å². The average molecular weight is 506 g/mol. The number of aromatic amines is 1. The van der Waals surface area contributed by atoms with E-state index in [4.69, 9.17) is 10.8 Å². The Morgan fingerprint density at radius 1 is 0.972 bits per heavy atom. The van der Waals surface area contributed by atoms with E-state index in [1.807, 2.05) is 24.3 Å². The monoisotopic (exact) mass is 505 g/mol. The SMILES string of the molecule is CC(C)CC(NC(=O)C(NC(=O)C(N)Cc1c[nH]c2ccccc12)C(C)O)C(=O)NC(CO)C(=O)O. The van der Waals surface area contributed by atoms with Gasteiger partial charge in [-0.25, -0.2) is 4.79 Å². The maximum Gasteiger partial charge on any atom is 0.328 e. The third kappa shape index (κ3) is 7.77. The van der Waals surface area contributed by atoms with Gasteiger partial charge in [0.1, 0.15) is 18.1 Å². The lowest BCUT2D eigenvalue weighted by Crippen LogP contribution is -2.60. The standard InChI is InChI=1S/C24H35N5O7/c1-12(2)8-18(22(33)28-19(11-30)24(35)36)27-23(34)20(13(3)31)29-21(32)16(25)9-14-10-26-17-7-5-4-6-15(14)17/h4-7,10,12-13,16,18-20,26,30-31H,8-9,11,25H2,1-3H3,(H,27,34)(H,28,33)(H,29,32)(H,35,36). The summed E-state index contributed by atoms with van der Waals surface area (Å²) in [5.41, 5.74) is 7.79. The Bertz CT molecular complexity index is 1070. The summed E-state index contributed by atoms with van der Waals surface area (Å²) in [6.07, 6.45) is 0.764. The molecule has 0 bridgehead atoms. The molecule has 5 unspecified atom stereocenters. The van der Waals surface area contributed by atoms with Crippen molar-refractivity contribution in [1.29, 1.82) is 0 Å². The van der Waals surface area contributed by atoms with Crippen molar-refractivity contribution in [2.45, 2.75) is 63.9 Å². The van der Waals surface area contributed by atoms with E-state index in [1.54, 1.807) is 20.0 Å². The summed E-state index contributed by atoms with van der Waals surface area (Å²) >= 11 is 0. The fourth-order valence-corrected chi connectivity index (χ4v) is 3.72. The van der Waals surface area contributed by atoms with Crippen LogP contribution in [0.4, 0.5) is 0 Å². The van der Waals surface area contributed by atoms with Crippen LogP contribution in [-0.4, -0.2) is 80.9 Å². The van der Waals surface area contributed by atoms with Crippen molar-refractivity contribution in [1.82, 2.24) is 20.9 Å². The molecule has 9 N–H and O–H groups in total. The number of aliphatic carboxylic acids is 1. The second-order valence-corrected chi connectivity index (χ2v) is 9.17. The quantitative estimate of drug-likeness (QED) is 0.169. The molecule has 198 valence electrons. The summed E-state index contributed by atoms with van der Waals surface area (Å²) in [5.74, 6) is -3.82. The Hall–Kier alpha value is -3.48. The highest BCUT2D eigenvalue weighted by Gasteiger charge is 2.32. The largest absolute Gasteiger partial charge is 0.480 e. The van der Waals surface area contributed by atoms with Crippen molar-refractivity contribution >= 4 is 34.6 Å². The molecule has 0 radical (unpaired) electrons. The first-order valence-electron chi connectivity index (χ1n) is 11.7. The number of aromatic nitrogens is 1. The minimum Gasteiger partial charge on any atom is -0.480 e. The lowest BCUT2D eigenvalue weighted by atomic mass is 10.0. The van der Waals surface area contributed by atoms with Crippen LogP contribution >= 0.6 is 0 Å². The molecule has 1 heterocycles. The number of carbonyl (C=O) groups is 4. The van der Waals surface area contributed by atoms with Crippen LogP contribution < -0.4 is 21.7 Å². The van der Waals surface area contributed by atoms with Crippen LogP contribution in [0, 0.1) is 5.92 Å². The predicted molar refractivity (Wildman–Crippen MR) is 132 cm³/mol. The molecular weight excluding hydrogens is 470 g/mol. The molecule has 0 spiro atoms. The zero-order valence-corrected chi connectivity index (χ0v) is 20.5. The van der Waals surface area contributed by atoms with Gasteiger partial charge in [0, 0.05) is 17.1 Å². The Morgan fingerprint density at radius 3 is 2.19 bits per heavy atom. The number of carbonyl (C=O) groups excluding carboxylic acids is 3. The fraction of sp³-hybridized carbons (Fsp3) is 0.500. The highest BCUT2D eigenvalue weighted by Crippen LogP contribution is 2.18. The fourth-order valence-electron chi connectivity index (χ4n) is 3.72. The average Bonchev–Trinajstić information content (AvgIpc) is 3.22. The number of amides is 3. The van der Waals surface area contributed by atoms with Gasteiger partial charge in [-0.05, 0) is 37.3 Å². The Labute approximate surface area is 208 Å². The highest BCUT2D eigenvalue weighted by atomic mass is 16.4. The molecule has 0 saturated heterocycles. The van der Waals surface area contributed by atoms with Crippen molar-refractivity contribution in [3.05, 3.63) is 36.0 Å². The normalized spacial score (nSPS) is 15.5. The van der Waals surface area contributed by atoms with Gasteiger partial charge in [-0.15, -0.1) is 0 Å². The van der Waals surface area contributed by atoms with Gasteiger partial charge in [0.05, 0.1) is 18.8 Å². The second kappa shape index (κ2) is 13.0.